The molecule has 0 aliphatic rings. The molecule has 1 unspecified atom stereocenters. The Morgan fingerprint density at radius 3 is 2.63 bits per heavy atom. The van der Waals surface area contributed by atoms with Gasteiger partial charge in [-0.3, -0.25) is 9.58 Å². The van der Waals surface area contributed by atoms with Crippen LogP contribution in [0.25, 0.3) is 0 Å². The summed E-state index contributed by atoms with van der Waals surface area (Å²) in [5, 5.41) is 4.66. The van der Waals surface area contributed by atoms with Crippen molar-refractivity contribution < 1.29 is 0 Å². The van der Waals surface area contributed by atoms with Gasteiger partial charge in [0.1, 0.15) is 0 Å². The topological polar surface area (TPSA) is 47.1 Å². The Kier molecular flexibility index (Phi) is 6.45. The molecule has 0 fully saturated rings. The van der Waals surface area contributed by atoms with Gasteiger partial charge in [-0.15, -0.1) is 0 Å². The van der Waals surface area contributed by atoms with E-state index in [0.29, 0.717) is 11.0 Å². The minimum absolute atomic E-state index is 0.237. The minimum Gasteiger partial charge on any atom is -0.393 e. The minimum atomic E-state index is 0.237. The van der Waals surface area contributed by atoms with E-state index in [1.807, 2.05) is 0 Å². The van der Waals surface area contributed by atoms with Gasteiger partial charge >= 0.3 is 0 Å². The highest BCUT2D eigenvalue weighted by atomic mass is 32.1. The summed E-state index contributed by atoms with van der Waals surface area (Å²) in [5.41, 5.74) is 6.74. The van der Waals surface area contributed by atoms with Gasteiger partial charge in [-0.05, 0) is 26.0 Å². The van der Waals surface area contributed by atoms with E-state index in [1.165, 1.54) is 0 Å². The summed E-state index contributed by atoms with van der Waals surface area (Å²) in [4.78, 5) is 2.79. The van der Waals surface area contributed by atoms with E-state index in [2.05, 4.69) is 54.8 Å². The van der Waals surface area contributed by atoms with E-state index < -0.39 is 0 Å². The predicted octanol–water partition coefficient (Wildman–Crippen LogP) is 2.60. The Labute approximate surface area is 122 Å². The van der Waals surface area contributed by atoms with Crippen LogP contribution in [0.15, 0.2) is 12.3 Å². The van der Waals surface area contributed by atoms with Crippen LogP contribution in [0.1, 0.15) is 45.3 Å². The maximum Gasteiger partial charge on any atom is 0.0768 e. The molecular weight excluding hydrogens is 256 g/mol. The monoisotopic (exact) mass is 282 g/mol. The normalized spacial score (nSPS) is 13.2. The van der Waals surface area contributed by atoms with Gasteiger partial charge in [0, 0.05) is 25.2 Å². The molecular formula is C14H26N4S. The number of nitrogens with two attached hydrogens (primary N) is 1. The number of rotatable bonds is 8. The zero-order chi connectivity index (χ0) is 14.4. The molecule has 1 rings (SSSR count). The largest absolute Gasteiger partial charge is 0.393 e. The number of aromatic nitrogens is 2. The third-order valence-electron chi connectivity index (χ3n) is 3.48. The molecule has 0 aliphatic carbocycles. The second kappa shape index (κ2) is 7.60. The number of thiocarbonyl (C=S) groups is 1. The lowest BCUT2D eigenvalue weighted by Crippen LogP contribution is -2.31. The molecule has 1 aromatic rings. The van der Waals surface area contributed by atoms with Crippen LogP contribution < -0.4 is 5.73 Å². The fourth-order valence-electron chi connectivity index (χ4n) is 2.23. The molecule has 5 heteroatoms. The molecule has 1 aromatic heterocycles. The number of hydrogen-bond donors (Lipinski definition) is 1. The Morgan fingerprint density at radius 1 is 1.47 bits per heavy atom. The van der Waals surface area contributed by atoms with E-state index in [4.69, 9.17) is 18.0 Å². The molecule has 1 atom stereocenters. The molecule has 0 bridgehead atoms. The van der Waals surface area contributed by atoms with Crippen molar-refractivity contribution in [3.8, 4) is 0 Å². The molecule has 4 nitrogen and oxygen atoms in total. The predicted molar refractivity (Wildman–Crippen MR) is 84.1 cm³/mol. The zero-order valence-electron chi connectivity index (χ0n) is 12.5. The van der Waals surface area contributed by atoms with Gasteiger partial charge in [0.25, 0.3) is 0 Å². The summed E-state index contributed by atoms with van der Waals surface area (Å²) in [7, 11) is 2.07. The lowest BCUT2D eigenvalue weighted by molar-refractivity contribution is 0.301. The molecule has 0 aliphatic heterocycles. The third kappa shape index (κ3) is 4.91. The summed E-state index contributed by atoms with van der Waals surface area (Å²) < 4.78 is 2.08. The van der Waals surface area contributed by atoms with E-state index in [0.717, 1.165) is 31.6 Å². The first-order valence-electron chi connectivity index (χ1n) is 6.99. The maximum atomic E-state index is 5.64. The summed E-state index contributed by atoms with van der Waals surface area (Å²) in [5.74, 6) is 0.237. The fraction of sp³-hybridized carbons (Fsp3) is 0.714. The highest BCUT2D eigenvalue weighted by Crippen LogP contribution is 2.15. The van der Waals surface area contributed by atoms with E-state index in [-0.39, 0.29) is 5.92 Å². The number of nitrogens with zero attached hydrogens (tertiary/aromatic N) is 3. The van der Waals surface area contributed by atoms with Gasteiger partial charge in [0.05, 0.1) is 16.7 Å². The summed E-state index contributed by atoms with van der Waals surface area (Å²) in [6.45, 7) is 8.16. The number of hydrogen-bond acceptors (Lipinski definition) is 3. The van der Waals surface area contributed by atoms with Gasteiger partial charge in [-0.1, -0.05) is 33.0 Å². The first-order valence-corrected chi connectivity index (χ1v) is 7.40. The van der Waals surface area contributed by atoms with Crippen LogP contribution in [-0.4, -0.2) is 33.3 Å². The SMILES string of the molecule is CCC(CC)n1ccc(CN(C)CC(C)C(N)=S)n1. The van der Waals surface area contributed by atoms with Gasteiger partial charge in [0.15, 0.2) is 0 Å². The van der Waals surface area contributed by atoms with Crippen LogP contribution in [0.5, 0.6) is 0 Å². The highest BCUT2D eigenvalue weighted by Gasteiger charge is 2.12. The van der Waals surface area contributed by atoms with Crippen LogP contribution in [0.2, 0.25) is 0 Å². The van der Waals surface area contributed by atoms with Gasteiger partial charge in [-0.2, -0.15) is 5.10 Å². The molecule has 0 saturated heterocycles. The molecule has 0 amide bonds. The van der Waals surface area contributed by atoms with Crippen molar-refractivity contribution in [3.63, 3.8) is 0 Å². The second-order valence-corrected chi connectivity index (χ2v) is 5.73. The van der Waals surface area contributed by atoms with Crippen molar-refractivity contribution in [3.05, 3.63) is 18.0 Å². The molecule has 0 spiro atoms. The van der Waals surface area contributed by atoms with E-state index in [9.17, 15) is 0 Å². The van der Waals surface area contributed by atoms with Crippen molar-refractivity contribution in [2.45, 2.75) is 46.2 Å². The smallest absolute Gasteiger partial charge is 0.0768 e. The summed E-state index contributed by atoms with van der Waals surface area (Å²) in [6, 6.07) is 2.61. The Hall–Kier alpha value is -0.940. The first kappa shape index (κ1) is 16.1. The molecule has 2 N–H and O–H groups in total. The molecule has 19 heavy (non-hydrogen) atoms. The van der Waals surface area contributed by atoms with Crippen molar-refractivity contribution in [2.75, 3.05) is 13.6 Å². The van der Waals surface area contributed by atoms with Crippen molar-refractivity contribution in [2.24, 2.45) is 11.7 Å². The van der Waals surface area contributed by atoms with Crippen molar-refractivity contribution in [1.29, 1.82) is 0 Å². The highest BCUT2D eigenvalue weighted by molar-refractivity contribution is 7.80. The van der Waals surface area contributed by atoms with Crippen molar-refractivity contribution >= 4 is 17.2 Å². The Bertz CT molecular complexity index is 398. The molecule has 0 saturated carbocycles. The van der Waals surface area contributed by atoms with Crippen LogP contribution in [0.3, 0.4) is 0 Å². The van der Waals surface area contributed by atoms with Crippen LogP contribution in [-0.2, 0) is 6.54 Å². The lowest BCUT2D eigenvalue weighted by Gasteiger charge is -2.19. The third-order valence-corrected chi connectivity index (χ3v) is 3.89. The first-order chi connectivity index (χ1) is 8.97. The summed E-state index contributed by atoms with van der Waals surface area (Å²) in [6.07, 6.45) is 4.32. The quantitative estimate of drug-likeness (QED) is 0.745. The molecule has 1 heterocycles. The van der Waals surface area contributed by atoms with Gasteiger partial charge < -0.3 is 5.73 Å². The van der Waals surface area contributed by atoms with Crippen LogP contribution >= 0.6 is 12.2 Å². The van der Waals surface area contributed by atoms with Crippen LogP contribution in [0.4, 0.5) is 0 Å². The maximum absolute atomic E-state index is 5.64. The van der Waals surface area contributed by atoms with Crippen LogP contribution in [0, 0.1) is 5.92 Å². The van der Waals surface area contributed by atoms with E-state index in [1.54, 1.807) is 0 Å². The zero-order valence-corrected chi connectivity index (χ0v) is 13.3. The van der Waals surface area contributed by atoms with Gasteiger partial charge in [0.2, 0.25) is 0 Å². The fourth-order valence-corrected chi connectivity index (χ4v) is 2.30. The standard InChI is InChI=1S/C14H26N4S/c1-5-13(6-2)18-8-7-12(16-18)10-17(4)9-11(3)14(15)19/h7-8,11,13H,5-6,9-10H2,1-4H3,(H2,15,19). The average Bonchev–Trinajstić information content (AvgIpc) is 2.78. The van der Waals surface area contributed by atoms with E-state index >= 15 is 0 Å². The average molecular weight is 282 g/mol. The Morgan fingerprint density at radius 2 is 2.11 bits per heavy atom. The lowest BCUT2D eigenvalue weighted by atomic mass is 10.1. The Balaban J connectivity index is 2.55. The van der Waals surface area contributed by atoms with Crippen molar-refractivity contribution in [1.82, 2.24) is 14.7 Å². The molecule has 0 radical (unpaired) electrons. The molecule has 108 valence electrons. The second-order valence-electron chi connectivity index (χ2n) is 5.26. The molecule has 0 aromatic carbocycles. The summed E-state index contributed by atoms with van der Waals surface area (Å²) >= 11 is 5.00. The van der Waals surface area contributed by atoms with Gasteiger partial charge in [-0.25, -0.2) is 0 Å².